The van der Waals surface area contributed by atoms with Gasteiger partial charge in [0.15, 0.2) is 11.7 Å². The van der Waals surface area contributed by atoms with Crippen molar-refractivity contribution in [3.63, 3.8) is 0 Å². The Labute approximate surface area is 192 Å². The molecule has 0 bridgehead atoms. The minimum absolute atomic E-state index is 0. The summed E-state index contributed by atoms with van der Waals surface area (Å²) in [5.41, 5.74) is 2.31. The van der Waals surface area contributed by atoms with Crippen LogP contribution in [0.4, 0.5) is 0 Å². The van der Waals surface area contributed by atoms with E-state index >= 15 is 0 Å². The molecular weight excluding hydrogens is 477 g/mol. The first kappa shape index (κ1) is 25.4. The van der Waals surface area contributed by atoms with Crippen molar-refractivity contribution in [2.24, 2.45) is 4.99 Å². The van der Waals surface area contributed by atoms with Crippen LogP contribution in [0, 0.1) is 0 Å². The van der Waals surface area contributed by atoms with Crippen LogP contribution in [-0.4, -0.2) is 43.2 Å². The van der Waals surface area contributed by atoms with Gasteiger partial charge in [0.1, 0.15) is 6.54 Å². The van der Waals surface area contributed by atoms with Gasteiger partial charge in [-0.3, -0.25) is 0 Å². The molecule has 0 saturated heterocycles. The summed E-state index contributed by atoms with van der Waals surface area (Å²) in [4.78, 5) is 6.89. The lowest BCUT2D eigenvalue weighted by molar-refractivity contribution is 0.298. The van der Waals surface area contributed by atoms with E-state index in [-0.39, 0.29) is 30.0 Å². The number of nitrogens with zero attached hydrogens (tertiary/aromatic N) is 3. The molecule has 1 aromatic carbocycles. The molecule has 0 aliphatic rings. The van der Waals surface area contributed by atoms with Gasteiger partial charge in [-0.1, -0.05) is 49.3 Å². The van der Waals surface area contributed by atoms with E-state index in [9.17, 15) is 0 Å². The number of hydrogen-bond donors (Lipinski definition) is 2. The number of nitrogens with one attached hydrogen (secondary N) is 2. The van der Waals surface area contributed by atoms with Crippen molar-refractivity contribution in [1.29, 1.82) is 0 Å². The maximum absolute atomic E-state index is 5.49. The van der Waals surface area contributed by atoms with Crippen LogP contribution < -0.4 is 10.6 Å². The Bertz CT molecular complexity index is 713. The second-order valence-corrected chi connectivity index (χ2v) is 7.20. The number of aliphatic imine (C=N–C) groups is 1. The molecule has 0 spiro atoms. The molecule has 162 valence electrons. The van der Waals surface area contributed by atoms with Gasteiger partial charge < -0.3 is 20.1 Å². The maximum Gasteiger partial charge on any atom is 0.191 e. The topological polar surface area (TPSA) is 65.7 Å². The fourth-order valence-electron chi connectivity index (χ4n) is 3.27. The summed E-state index contributed by atoms with van der Waals surface area (Å²) >= 11 is 0. The summed E-state index contributed by atoms with van der Waals surface area (Å²) in [7, 11) is 4.19. The largest absolute Gasteiger partial charge is 0.359 e. The molecule has 0 fully saturated rings. The number of guanidine groups is 1. The zero-order chi connectivity index (χ0) is 20.4. The monoisotopic (exact) mass is 513 g/mol. The van der Waals surface area contributed by atoms with Crippen LogP contribution in [0.15, 0.2) is 45.9 Å². The first-order valence-electron chi connectivity index (χ1n) is 10.3. The van der Waals surface area contributed by atoms with Crippen LogP contribution in [0.3, 0.4) is 0 Å². The molecular formula is C22H36IN5O. The molecule has 7 heteroatoms. The normalized spacial score (nSPS) is 12.7. The van der Waals surface area contributed by atoms with Gasteiger partial charge in [-0.2, -0.15) is 0 Å². The van der Waals surface area contributed by atoms with Gasteiger partial charge in [-0.25, -0.2) is 4.99 Å². The average Bonchev–Trinajstić information content (AvgIpc) is 3.16. The molecule has 1 heterocycles. The number of halogens is 1. The summed E-state index contributed by atoms with van der Waals surface area (Å²) in [6.07, 6.45) is 2.14. The van der Waals surface area contributed by atoms with Gasteiger partial charge in [0.2, 0.25) is 0 Å². The van der Waals surface area contributed by atoms with E-state index in [1.165, 1.54) is 5.56 Å². The summed E-state index contributed by atoms with van der Waals surface area (Å²) in [5.74, 6) is 2.04. The molecule has 1 aromatic heterocycles. The third-order valence-electron chi connectivity index (χ3n) is 4.99. The highest BCUT2D eigenvalue weighted by Gasteiger charge is 2.15. The molecule has 1 atom stereocenters. The molecule has 2 N–H and O–H groups in total. The molecule has 0 radical (unpaired) electrons. The molecule has 0 aliphatic carbocycles. The van der Waals surface area contributed by atoms with Crippen LogP contribution in [0.1, 0.15) is 62.6 Å². The standard InChI is InChI=1S/C22H35N5O.HI/c1-6-17(7-2)20-14-19(28-26-20)15-24-22(23-8-3)25-16-21(27(4)5)18-12-10-9-11-13-18;/h9-14,17,21H,6-8,15-16H2,1-5H3,(H2,23,24,25);1H. The summed E-state index contributed by atoms with van der Waals surface area (Å²) in [5, 5.41) is 11.0. The van der Waals surface area contributed by atoms with Gasteiger partial charge in [-0.15, -0.1) is 24.0 Å². The van der Waals surface area contributed by atoms with Crippen molar-refractivity contribution in [3.8, 4) is 0 Å². The van der Waals surface area contributed by atoms with Crippen LogP contribution in [-0.2, 0) is 6.54 Å². The first-order chi connectivity index (χ1) is 13.6. The minimum atomic E-state index is 0. The van der Waals surface area contributed by atoms with Crippen molar-refractivity contribution >= 4 is 29.9 Å². The zero-order valence-corrected chi connectivity index (χ0v) is 20.6. The van der Waals surface area contributed by atoms with E-state index in [2.05, 4.69) is 84.8 Å². The van der Waals surface area contributed by atoms with Crippen molar-refractivity contribution < 1.29 is 4.52 Å². The second-order valence-electron chi connectivity index (χ2n) is 7.20. The quantitative estimate of drug-likeness (QED) is 0.277. The Kier molecular flexibility index (Phi) is 11.9. The molecule has 0 saturated carbocycles. The average molecular weight is 513 g/mol. The van der Waals surface area contributed by atoms with Crippen molar-refractivity contribution in [2.45, 2.75) is 52.1 Å². The number of aromatic nitrogens is 1. The number of hydrogen-bond acceptors (Lipinski definition) is 4. The van der Waals surface area contributed by atoms with Gasteiger partial charge in [0.25, 0.3) is 0 Å². The van der Waals surface area contributed by atoms with E-state index in [4.69, 9.17) is 4.52 Å². The van der Waals surface area contributed by atoms with Crippen LogP contribution in [0.5, 0.6) is 0 Å². The third-order valence-corrected chi connectivity index (χ3v) is 4.99. The van der Waals surface area contributed by atoms with E-state index in [1.54, 1.807) is 0 Å². The lowest BCUT2D eigenvalue weighted by atomic mass is 9.99. The van der Waals surface area contributed by atoms with E-state index in [0.717, 1.165) is 43.3 Å². The number of rotatable bonds is 10. The first-order valence-corrected chi connectivity index (χ1v) is 10.3. The lowest BCUT2D eigenvalue weighted by Crippen LogP contribution is -2.41. The molecule has 6 nitrogen and oxygen atoms in total. The van der Waals surface area contributed by atoms with E-state index < -0.39 is 0 Å². The highest BCUT2D eigenvalue weighted by Crippen LogP contribution is 2.22. The predicted molar refractivity (Wildman–Crippen MR) is 131 cm³/mol. The van der Waals surface area contributed by atoms with Crippen LogP contribution in [0.25, 0.3) is 0 Å². The number of benzene rings is 1. The molecule has 2 rings (SSSR count). The van der Waals surface area contributed by atoms with Crippen molar-refractivity contribution in [1.82, 2.24) is 20.7 Å². The Hall–Kier alpha value is -1.61. The SMILES string of the molecule is CCNC(=NCc1cc(C(CC)CC)no1)NCC(c1ccccc1)N(C)C.I. The Morgan fingerprint density at radius 1 is 1.10 bits per heavy atom. The summed E-state index contributed by atoms with van der Waals surface area (Å²) < 4.78 is 5.49. The Balaban J connectivity index is 0.00000420. The van der Waals surface area contributed by atoms with E-state index in [1.807, 2.05) is 12.1 Å². The van der Waals surface area contributed by atoms with Gasteiger partial charge in [0, 0.05) is 25.1 Å². The smallest absolute Gasteiger partial charge is 0.191 e. The molecule has 2 aromatic rings. The summed E-state index contributed by atoms with van der Waals surface area (Å²) in [6.45, 7) is 8.47. The fourth-order valence-corrected chi connectivity index (χ4v) is 3.27. The Morgan fingerprint density at radius 3 is 2.38 bits per heavy atom. The molecule has 1 unspecified atom stereocenters. The fraction of sp³-hybridized carbons (Fsp3) is 0.545. The Morgan fingerprint density at radius 2 is 1.79 bits per heavy atom. The molecule has 0 amide bonds. The predicted octanol–water partition coefficient (Wildman–Crippen LogP) is 4.55. The lowest BCUT2D eigenvalue weighted by Gasteiger charge is -2.26. The van der Waals surface area contributed by atoms with Crippen molar-refractivity contribution in [2.75, 3.05) is 27.2 Å². The van der Waals surface area contributed by atoms with Gasteiger partial charge in [0.05, 0.1) is 11.7 Å². The van der Waals surface area contributed by atoms with Gasteiger partial charge >= 0.3 is 0 Å². The maximum atomic E-state index is 5.49. The van der Waals surface area contributed by atoms with Crippen LogP contribution in [0.2, 0.25) is 0 Å². The van der Waals surface area contributed by atoms with E-state index in [0.29, 0.717) is 12.5 Å². The van der Waals surface area contributed by atoms with Gasteiger partial charge in [-0.05, 0) is 39.4 Å². The minimum Gasteiger partial charge on any atom is -0.359 e. The number of likely N-dealkylation sites (N-methyl/N-ethyl adjacent to an activating group) is 1. The highest BCUT2D eigenvalue weighted by molar-refractivity contribution is 14.0. The highest BCUT2D eigenvalue weighted by atomic mass is 127. The second kappa shape index (κ2) is 13.6. The third kappa shape index (κ3) is 7.97. The zero-order valence-electron chi connectivity index (χ0n) is 18.3. The molecule has 29 heavy (non-hydrogen) atoms. The summed E-state index contributed by atoms with van der Waals surface area (Å²) in [6, 6.07) is 12.8. The van der Waals surface area contributed by atoms with Crippen molar-refractivity contribution in [3.05, 3.63) is 53.4 Å². The van der Waals surface area contributed by atoms with Crippen LogP contribution >= 0.6 is 24.0 Å². The molecule has 0 aliphatic heterocycles.